The van der Waals surface area contributed by atoms with Gasteiger partial charge in [0, 0.05) is 24.7 Å². The van der Waals surface area contributed by atoms with Gasteiger partial charge in [-0.3, -0.25) is 9.89 Å². The number of hydrogen-bond acceptors (Lipinski definition) is 4. The number of amides is 1. The summed E-state index contributed by atoms with van der Waals surface area (Å²) >= 11 is 0. The molecule has 1 aromatic heterocycles. The Morgan fingerprint density at radius 1 is 1.60 bits per heavy atom. The highest BCUT2D eigenvalue weighted by atomic mass is 16.3. The number of rotatable bonds is 4. The van der Waals surface area contributed by atoms with Crippen LogP contribution >= 0.6 is 0 Å². The number of carbonyl (C=O) groups excluding carboxylic acids is 1. The topological polar surface area (TPSA) is 72.5 Å². The van der Waals surface area contributed by atoms with Crippen LogP contribution in [0.2, 0.25) is 0 Å². The molecule has 0 spiro atoms. The van der Waals surface area contributed by atoms with Crippen molar-refractivity contribution in [2.24, 2.45) is 0 Å². The van der Waals surface area contributed by atoms with Crippen molar-refractivity contribution < 1.29 is 9.90 Å². The summed E-state index contributed by atoms with van der Waals surface area (Å²) in [5.74, 6) is 0.483. The second-order valence-corrected chi connectivity index (χ2v) is 6.42. The van der Waals surface area contributed by atoms with Gasteiger partial charge >= 0.3 is 0 Å². The van der Waals surface area contributed by atoms with Crippen LogP contribution in [0.4, 0.5) is 0 Å². The van der Waals surface area contributed by atoms with Crippen LogP contribution in [-0.2, 0) is 0 Å². The van der Waals surface area contributed by atoms with Crippen molar-refractivity contribution in [3.63, 3.8) is 0 Å². The molecule has 1 aromatic rings. The highest BCUT2D eigenvalue weighted by Crippen LogP contribution is 2.39. The molecule has 2 heterocycles. The zero-order valence-electron chi connectivity index (χ0n) is 12.1. The Morgan fingerprint density at radius 3 is 3.00 bits per heavy atom. The summed E-state index contributed by atoms with van der Waals surface area (Å²) in [7, 11) is 3.86. The normalized spacial score (nSPS) is 26.5. The van der Waals surface area contributed by atoms with Crippen LogP contribution in [0.15, 0.2) is 6.07 Å². The number of β-amino-alcohol motifs (C(OH)–C–C–N with tert-alkyl or cyclic N) is 1. The molecule has 1 amide bonds. The molecule has 0 bridgehead atoms. The molecule has 1 saturated carbocycles. The summed E-state index contributed by atoms with van der Waals surface area (Å²) in [6.07, 6.45) is 2.99. The van der Waals surface area contributed by atoms with Crippen molar-refractivity contribution in [3.05, 3.63) is 17.5 Å². The quantitative estimate of drug-likeness (QED) is 0.837. The van der Waals surface area contributed by atoms with Gasteiger partial charge in [0.15, 0.2) is 0 Å². The minimum Gasteiger partial charge on any atom is -0.387 e. The van der Waals surface area contributed by atoms with E-state index in [1.54, 1.807) is 4.90 Å². The molecule has 6 heteroatoms. The smallest absolute Gasteiger partial charge is 0.274 e. The van der Waals surface area contributed by atoms with E-state index in [2.05, 4.69) is 10.2 Å². The summed E-state index contributed by atoms with van der Waals surface area (Å²) < 4.78 is 0. The zero-order chi connectivity index (χ0) is 14.3. The molecule has 6 nitrogen and oxygen atoms in total. The molecule has 1 aliphatic heterocycles. The molecule has 2 N–H and O–H groups in total. The average Bonchev–Trinajstić information content (AvgIpc) is 2.97. The van der Waals surface area contributed by atoms with Gasteiger partial charge in [-0.2, -0.15) is 5.10 Å². The van der Waals surface area contributed by atoms with Crippen molar-refractivity contribution in [3.8, 4) is 0 Å². The van der Waals surface area contributed by atoms with Gasteiger partial charge in [0.1, 0.15) is 5.69 Å². The first-order valence-corrected chi connectivity index (χ1v) is 7.18. The lowest BCUT2D eigenvalue weighted by Crippen LogP contribution is -2.43. The van der Waals surface area contributed by atoms with Crippen molar-refractivity contribution in [1.82, 2.24) is 20.0 Å². The number of aliphatic hydroxyl groups is 1. The predicted octanol–water partition coefficient (Wildman–Crippen LogP) is 0.426. The Hall–Kier alpha value is -1.40. The van der Waals surface area contributed by atoms with Gasteiger partial charge in [0.05, 0.1) is 12.1 Å². The molecule has 1 aliphatic carbocycles. The van der Waals surface area contributed by atoms with Crippen LogP contribution in [-0.4, -0.2) is 70.3 Å². The first-order chi connectivity index (χ1) is 9.47. The van der Waals surface area contributed by atoms with E-state index in [-0.39, 0.29) is 5.91 Å². The Balaban J connectivity index is 1.65. The van der Waals surface area contributed by atoms with E-state index in [1.165, 1.54) is 12.8 Å². The van der Waals surface area contributed by atoms with Gasteiger partial charge in [-0.25, -0.2) is 0 Å². The molecule has 0 radical (unpaired) electrons. The van der Waals surface area contributed by atoms with Crippen molar-refractivity contribution in [2.75, 3.05) is 33.7 Å². The summed E-state index contributed by atoms with van der Waals surface area (Å²) in [6, 6.07) is 1.86. The van der Waals surface area contributed by atoms with Gasteiger partial charge in [0.25, 0.3) is 5.91 Å². The van der Waals surface area contributed by atoms with E-state index in [0.29, 0.717) is 37.7 Å². The molecule has 2 aliphatic rings. The third kappa shape index (κ3) is 2.71. The minimum atomic E-state index is -0.797. The maximum absolute atomic E-state index is 12.4. The van der Waals surface area contributed by atoms with Gasteiger partial charge in [-0.15, -0.1) is 0 Å². The van der Waals surface area contributed by atoms with Gasteiger partial charge in [0.2, 0.25) is 0 Å². The number of likely N-dealkylation sites (tertiary alicyclic amines) is 1. The zero-order valence-corrected chi connectivity index (χ0v) is 12.1. The van der Waals surface area contributed by atoms with E-state index < -0.39 is 5.60 Å². The Morgan fingerprint density at radius 2 is 2.35 bits per heavy atom. The number of carbonyl (C=O) groups is 1. The summed E-state index contributed by atoms with van der Waals surface area (Å²) in [4.78, 5) is 16.1. The van der Waals surface area contributed by atoms with Crippen LogP contribution in [0.5, 0.6) is 0 Å². The van der Waals surface area contributed by atoms with Crippen molar-refractivity contribution in [1.29, 1.82) is 0 Å². The highest BCUT2D eigenvalue weighted by Gasteiger charge is 2.39. The first kappa shape index (κ1) is 13.6. The molecule has 1 atom stereocenters. The number of H-pyrrole nitrogens is 1. The largest absolute Gasteiger partial charge is 0.387 e. The standard InChI is InChI=1S/C14H22N4O2/c1-17(2)8-14(20)5-6-18(9-14)13(19)12-7-11(15-16-12)10-3-4-10/h7,10,20H,3-6,8-9H2,1-2H3,(H,15,16)/t14-/m1/s1. The maximum atomic E-state index is 12.4. The molecule has 0 unspecified atom stereocenters. The fourth-order valence-electron chi connectivity index (χ4n) is 2.96. The summed E-state index contributed by atoms with van der Waals surface area (Å²) in [6.45, 7) is 1.55. The molecular weight excluding hydrogens is 256 g/mol. The first-order valence-electron chi connectivity index (χ1n) is 7.18. The third-order valence-corrected chi connectivity index (χ3v) is 4.06. The van der Waals surface area contributed by atoms with Crippen LogP contribution in [0, 0.1) is 0 Å². The molecule has 0 aromatic carbocycles. The number of aromatic nitrogens is 2. The summed E-state index contributed by atoms with van der Waals surface area (Å²) in [5.41, 5.74) is 0.742. The van der Waals surface area contributed by atoms with E-state index in [1.807, 2.05) is 25.1 Å². The molecule has 2 fully saturated rings. The molecule has 3 rings (SSSR count). The minimum absolute atomic E-state index is 0.0807. The van der Waals surface area contributed by atoms with E-state index in [0.717, 1.165) is 5.69 Å². The number of hydrogen-bond donors (Lipinski definition) is 2. The highest BCUT2D eigenvalue weighted by molar-refractivity contribution is 5.92. The lowest BCUT2D eigenvalue weighted by atomic mass is 10.0. The van der Waals surface area contributed by atoms with Crippen LogP contribution in [0.1, 0.15) is 41.4 Å². The van der Waals surface area contributed by atoms with E-state index in [4.69, 9.17) is 0 Å². The monoisotopic (exact) mass is 278 g/mol. The van der Waals surface area contributed by atoms with Crippen molar-refractivity contribution >= 4 is 5.91 Å². The van der Waals surface area contributed by atoms with Crippen molar-refractivity contribution in [2.45, 2.75) is 30.8 Å². The molecular formula is C14H22N4O2. The predicted molar refractivity (Wildman–Crippen MR) is 74.6 cm³/mol. The Bertz CT molecular complexity index is 509. The second-order valence-electron chi connectivity index (χ2n) is 6.42. The number of nitrogens with one attached hydrogen (secondary N) is 1. The average molecular weight is 278 g/mol. The summed E-state index contributed by atoms with van der Waals surface area (Å²) in [5, 5.41) is 17.5. The van der Waals surface area contributed by atoms with Crippen LogP contribution in [0.3, 0.4) is 0 Å². The SMILES string of the molecule is CN(C)C[C@]1(O)CCN(C(=O)c2cc(C3CC3)[nH]n2)C1. The fraction of sp³-hybridized carbons (Fsp3) is 0.714. The Labute approximate surface area is 118 Å². The second kappa shape index (κ2) is 4.86. The number of likely N-dealkylation sites (N-methyl/N-ethyl adjacent to an activating group) is 1. The number of aromatic amines is 1. The Kier molecular flexibility index (Phi) is 3.30. The third-order valence-electron chi connectivity index (χ3n) is 4.06. The van der Waals surface area contributed by atoms with Gasteiger partial charge in [-0.05, 0) is 39.4 Å². The van der Waals surface area contributed by atoms with E-state index >= 15 is 0 Å². The van der Waals surface area contributed by atoms with Crippen LogP contribution in [0.25, 0.3) is 0 Å². The molecule has 20 heavy (non-hydrogen) atoms. The van der Waals surface area contributed by atoms with Gasteiger partial charge < -0.3 is 14.9 Å². The van der Waals surface area contributed by atoms with Gasteiger partial charge in [-0.1, -0.05) is 0 Å². The maximum Gasteiger partial charge on any atom is 0.274 e. The van der Waals surface area contributed by atoms with Crippen LogP contribution < -0.4 is 0 Å². The fourth-order valence-corrected chi connectivity index (χ4v) is 2.96. The lowest BCUT2D eigenvalue weighted by molar-refractivity contribution is 0.0235. The van der Waals surface area contributed by atoms with E-state index in [9.17, 15) is 9.90 Å². The molecule has 1 saturated heterocycles. The lowest BCUT2D eigenvalue weighted by Gasteiger charge is -2.26. The number of nitrogens with zero attached hydrogens (tertiary/aromatic N) is 3. The molecule has 110 valence electrons.